The van der Waals surface area contributed by atoms with Crippen molar-refractivity contribution in [2.45, 2.75) is 26.9 Å². The minimum atomic E-state index is -1.06. The van der Waals surface area contributed by atoms with E-state index >= 15 is 0 Å². The predicted molar refractivity (Wildman–Crippen MR) is 117 cm³/mol. The number of aromatic carboxylic acids is 1. The van der Waals surface area contributed by atoms with Crippen LogP contribution in [0.15, 0.2) is 42.6 Å². The van der Waals surface area contributed by atoms with E-state index in [0.29, 0.717) is 43.2 Å². The van der Waals surface area contributed by atoms with Gasteiger partial charge in [0.15, 0.2) is 0 Å². The Morgan fingerprint density at radius 1 is 1.16 bits per heavy atom. The number of hydrogen-bond acceptors (Lipinski definition) is 6. The molecule has 0 unspecified atom stereocenters. The van der Waals surface area contributed by atoms with Gasteiger partial charge in [0.2, 0.25) is 0 Å². The second-order valence-corrected chi connectivity index (χ2v) is 7.33. The fourth-order valence-corrected chi connectivity index (χ4v) is 3.11. The molecule has 2 N–H and O–H groups in total. The van der Waals surface area contributed by atoms with E-state index in [2.05, 4.69) is 15.6 Å². The number of carboxylic acid groups (broad SMARTS) is 1. The summed E-state index contributed by atoms with van der Waals surface area (Å²) in [6.07, 6.45) is 2.39. The average Bonchev–Trinajstić information content (AvgIpc) is 3.24. The van der Waals surface area contributed by atoms with Crippen LogP contribution in [-0.2, 0) is 11.3 Å². The summed E-state index contributed by atoms with van der Waals surface area (Å²) in [4.78, 5) is 23.4. The van der Waals surface area contributed by atoms with Crippen LogP contribution in [0.1, 0.15) is 44.0 Å². The van der Waals surface area contributed by atoms with Gasteiger partial charge in [-0.25, -0.2) is 9.48 Å². The third-order valence-electron chi connectivity index (χ3n) is 4.85. The van der Waals surface area contributed by atoms with Gasteiger partial charge in [0, 0.05) is 18.7 Å². The highest BCUT2D eigenvalue weighted by atomic mass is 16.5. The second-order valence-electron chi connectivity index (χ2n) is 7.33. The van der Waals surface area contributed by atoms with Crippen LogP contribution in [0, 0.1) is 13.8 Å². The highest BCUT2D eigenvalue weighted by molar-refractivity contribution is 5.98. The van der Waals surface area contributed by atoms with Crippen molar-refractivity contribution in [3.05, 3.63) is 70.5 Å². The zero-order valence-corrected chi connectivity index (χ0v) is 18.3. The monoisotopic (exact) mass is 438 g/mol. The van der Waals surface area contributed by atoms with E-state index in [1.54, 1.807) is 31.0 Å². The molecule has 0 radical (unpaired) electrons. The van der Waals surface area contributed by atoms with Gasteiger partial charge in [0.05, 0.1) is 25.5 Å². The molecule has 0 aliphatic carbocycles. The SMILES string of the molecule is COc1ccc(C)cc1-n1cc(COCCCNC(=O)c2cc(C(=O)O)ccc2C)nn1. The van der Waals surface area contributed by atoms with Crippen molar-refractivity contribution in [2.75, 3.05) is 20.3 Å². The molecule has 1 amide bonds. The van der Waals surface area contributed by atoms with E-state index in [0.717, 1.165) is 16.8 Å². The summed E-state index contributed by atoms with van der Waals surface area (Å²) >= 11 is 0. The minimum absolute atomic E-state index is 0.0837. The van der Waals surface area contributed by atoms with E-state index < -0.39 is 5.97 Å². The molecule has 0 aliphatic heterocycles. The smallest absolute Gasteiger partial charge is 0.335 e. The normalized spacial score (nSPS) is 10.7. The molecule has 0 bridgehead atoms. The zero-order valence-electron chi connectivity index (χ0n) is 18.3. The lowest BCUT2D eigenvalue weighted by Gasteiger charge is -2.09. The summed E-state index contributed by atoms with van der Waals surface area (Å²) in [5, 5.41) is 20.2. The van der Waals surface area contributed by atoms with Crippen molar-refractivity contribution < 1.29 is 24.2 Å². The Kier molecular flexibility index (Phi) is 7.56. The first-order valence-corrected chi connectivity index (χ1v) is 10.1. The number of rotatable bonds is 10. The van der Waals surface area contributed by atoms with E-state index in [9.17, 15) is 9.59 Å². The number of nitrogens with one attached hydrogen (secondary N) is 1. The van der Waals surface area contributed by atoms with Crippen LogP contribution in [0.2, 0.25) is 0 Å². The topological polar surface area (TPSA) is 116 Å². The molecule has 2 aromatic carbocycles. The largest absolute Gasteiger partial charge is 0.494 e. The Morgan fingerprint density at radius 2 is 1.97 bits per heavy atom. The maximum absolute atomic E-state index is 12.3. The van der Waals surface area contributed by atoms with Crippen molar-refractivity contribution in [1.29, 1.82) is 0 Å². The number of methoxy groups -OCH3 is 1. The van der Waals surface area contributed by atoms with E-state index in [1.165, 1.54) is 12.1 Å². The minimum Gasteiger partial charge on any atom is -0.494 e. The average molecular weight is 438 g/mol. The number of nitrogens with zero attached hydrogens (tertiary/aromatic N) is 3. The number of aryl methyl sites for hydroxylation is 2. The second kappa shape index (κ2) is 10.5. The molecule has 3 aromatic rings. The molecule has 0 atom stereocenters. The van der Waals surface area contributed by atoms with Crippen LogP contribution in [-0.4, -0.2) is 52.2 Å². The Labute approximate surface area is 186 Å². The summed E-state index contributed by atoms with van der Waals surface area (Å²) in [5.74, 6) is -0.668. The van der Waals surface area contributed by atoms with Crippen LogP contribution < -0.4 is 10.1 Å². The highest BCUT2D eigenvalue weighted by Crippen LogP contribution is 2.23. The van der Waals surface area contributed by atoms with Gasteiger partial charge in [-0.15, -0.1) is 5.10 Å². The fraction of sp³-hybridized carbons (Fsp3) is 0.304. The van der Waals surface area contributed by atoms with E-state index in [4.69, 9.17) is 14.6 Å². The molecule has 168 valence electrons. The highest BCUT2D eigenvalue weighted by Gasteiger charge is 2.12. The quantitative estimate of drug-likeness (QED) is 0.468. The van der Waals surface area contributed by atoms with Crippen LogP contribution in [0.25, 0.3) is 5.69 Å². The lowest BCUT2D eigenvalue weighted by molar-refractivity contribution is 0.0697. The van der Waals surface area contributed by atoms with Crippen LogP contribution in [0.4, 0.5) is 0 Å². The van der Waals surface area contributed by atoms with Gasteiger partial charge in [-0.05, 0) is 55.7 Å². The molecular weight excluding hydrogens is 412 g/mol. The molecule has 0 saturated heterocycles. The molecule has 0 spiro atoms. The predicted octanol–water partition coefficient (Wildman–Crippen LogP) is 2.93. The number of carbonyl (C=O) groups excluding carboxylic acids is 1. The summed E-state index contributed by atoms with van der Waals surface area (Å²) in [5.41, 5.74) is 3.72. The van der Waals surface area contributed by atoms with Gasteiger partial charge < -0.3 is 19.9 Å². The van der Waals surface area contributed by atoms with Crippen LogP contribution in [0.5, 0.6) is 5.75 Å². The van der Waals surface area contributed by atoms with Crippen molar-refractivity contribution >= 4 is 11.9 Å². The maximum atomic E-state index is 12.3. The Hall–Kier alpha value is -3.72. The van der Waals surface area contributed by atoms with Gasteiger partial charge in [-0.2, -0.15) is 0 Å². The molecule has 1 aromatic heterocycles. The van der Waals surface area contributed by atoms with Gasteiger partial charge in [0.1, 0.15) is 17.1 Å². The number of hydrogen-bond donors (Lipinski definition) is 2. The summed E-state index contributed by atoms with van der Waals surface area (Å²) in [7, 11) is 1.61. The summed E-state index contributed by atoms with van der Waals surface area (Å²) in [6.45, 7) is 4.88. The number of amides is 1. The van der Waals surface area contributed by atoms with Crippen molar-refractivity contribution in [2.24, 2.45) is 0 Å². The fourth-order valence-electron chi connectivity index (χ4n) is 3.11. The number of carboxylic acids is 1. The van der Waals surface area contributed by atoms with E-state index in [1.807, 2.05) is 25.1 Å². The van der Waals surface area contributed by atoms with Crippen LogP contribution >= 0.6 is 0 Å². The molecule has 0 aliphatic rings. The number of benzene rings is 2. The van der Waals surface area contributed by atoms with Crippen molar-refractivity contribution in [1.82, 2.24) is 20.3 Å². The number of aromatic nitrogens is 3. The maximum Gasteiger partial charge on any atom is 0.335 e. The van der Waals surface area contributed by atoms with Gasteiger partial charge in [-0.3, -0.25) is 4.79 Å². The molecular formula is C23H26N4O5. The molecule has 1 heterocycles. The molecule has 0 fully saturated rings. The standard InChI is InChI=1S/C23H26N4O5/c1-15-5-8-21(31-3)20(11-15)27-13-18(25-26-27)14-32-10-4-9-24-22(28)19-12-17(23(29)30)7-6-16(19)2/h5-8,11-13H,4,9-10,14H2,1-3H3,(H,24,28)(H,29,30). The van der Waals surface area contributed by atoms with Crippen molar-refractivity contribution in [3.8, 4) is 11.4 Å². The molecule has 9 heteroatoms. The van der Waals surface area contributed by atoms with Crippen LogP contribution in [0.3, 0.4) is 0 Å². The first-order chi connectivity index (χ1) is 15.4. The number of ether oxygens (including phenoxy) is 2. The van der Waals surface area contributed by atoms with Gasteiger partial charge in [-0.1, -0.05) is 17.3 Å². The first kappa shape index (κ1) is 23.0. The Morgan fingerprint density at radius 3 is 2.72 bits per heavy atom. The Bertz CT molecular complexity index is 1110. The summed E-state index contributed by atoms with van der Waals surface area (Å²) < 4.78 is 12.7. The molecule has 0 saturated carbocycles. The lowest BCUT2D eigenvalue weighted by atomic mass is 10.0. The zero-order chi connectivity index (χ0) is 23.1. The third kappa shape index (κ3) is 5.70. The number of carbonyl (C=O) groups is 2. The van der Waals surface area contributed by atoms with Gasteiger partial charge >= 0.3 is 5.97 Å². The summed E-state index contributed by atoms with van der Waals surface area (Å²) in [6, 6.07) is 10.3. The third-order valence-corrected chi connectivity index (χ3v) is 4.85. The molecule has 9 nitrogen and oxygen atoms in total. The van der Waals surface area contributed by atoms with Gasteiger partial charge in [0.25, 0.3) is 5.91 Å². The lowest BCUT2D eigenvalue weighted by Crippen LogP contribution is -2.26. The first-order valence-electron chi connectivity index (χ1n) is 10.1. The molecule has 32 heavy (non-hydrogen) atoms. The van der Waals surface area contributed by atoms with E-state index in [-0.39, 0.29) is 11.5 Å². The molecule has 3 rings (SSSR count). The van der Waals surface area contributed by atoms with Crippen molar-refractivity contribution in [3.63, 3.8) is 0 Å². The Balaban J connectivity index is 1.44.